The summed E-state index contributed by atoms with van der Waals surface area (Å²) in [6, 6.07) is 20.5. The van der Waals surface area contributed by atoms with E-state index in [2.05, 4.69) is 49.5 Å². The number of nitrogens with zero attached hydrogens (tertiary/aromatic N) is 6. The predicted molar refractivity (Wildman–Crippen MR) is 151 cm³/mol. The van der Waals surface area contributed by atoms with Crippen molar-refractivity contribution in [1.29, 1.82) is 0 Å². The number of hydrogen-bond donors (Lipinski definition) is 1. The Hall–Kier alpha value is -5.30. The molecule has 0 amide bonds. The van der Waals surface area contributed by atoms with Gasteiger partial charge in [0.2, 0.25) is 0 Å². The van der Waals surface area contributed by atoms with Crippen LogP contribution in [0.3, 0.4) is 0 Å². The first kappa shape index (κ1) is 19.8. The van der Waals surface area contributed by atoms with Crippen molar-refractivity contribution in [3.63, 3.8) is 0 Å². The summed E-state index contributed by atoms with van der Waals surface area (Å²) in [6.07, 6.45) is 8.03. The molecule has 9 rings (SSSR count). The van der Waals surface area contributed by atoms with Crippen molar-refractivity contribution in [1.82, 2.24) is 29.9 Å². The third-order valence-corrected chi connectivity index (χ3v) is 7.60. The quantitative estimate of drug-likeness (QED) is 0.190. The standard InChI is InChI=1S/C31H17N7/c1-5-17-21-13-16-14-23-24(15-22(16)36-25(21)18-6-2-10-33-27(18)26(17)32-9-1)38-31-20-8-4-12-35-29(20)28-19(30(31)37-23)7-3-11-34-28/h1-12,14-15,36H,13H2. The van der Waals surface area contributed by atoms with E-state index in [1.807, 2.05) is 48.8 Å². The lowest BCUT2D eigenvalue weighted by Crippen LogP contribution is -2.09. The Morgan fingerprint density at radius 3 is 1.66 bits per heavy atom. The topological polar surface area (TPSA) is 89.4 Å². The van der Waals surface area contributed by atoms with Crippen molar-refractivity contribution in [2.24, 2.45) is 0 Å². The number of anilines is 2. The van der Waals surface area contributed by atoms with Crippen molar-refractivity contribution >= 4 is 77.1 Å². The van der Waals surface area contributed by atoms with Gasteiger partial charge in [0.25, 0.3) is 0 Å². The summed E-state index contributed by atoms with van der Waals surface area (Å²) < 4.78 is 0. The zero-order chi connectivity index (χ0) is 24.8. The van der Waals surface area contributed by atoms with Gasteiger partial charge < -0.3 is 5.32 Å². The fourth-order valence-corrected chi connectivity index (χ4v) is 5.94. The Kier molecular flexibility index (Phi) is 3.73. The molecule has 0 saturated carbocycles. The molecule has 8 aromatic rings. The number of rotatable bonds is 0. The Morgan fingerprint density at radius 2 is 1.03 bits per heavy atom. The minimum atomic E-state index is 0.768. The van der Waals surface area contributed by atoms with Crippen molar-refractivity contribution in [2.75, 3.05) is 5.32 Å². The minimum absolute atomic E-state index is 0.768. The van der Waals surface area contributed by atoms with Gasteiger partial charge in [0, 0.05) is 58.4 Å². The molecule has 0 bridgehead atoms. The minimum Gasteiger partial charge on any atom is -0.354 e. The summed E-state index contributed by atoms with van der Waals surface area (Å²) >= 11 is 0. The molecule has 5 aromatic heterocycles. The van der Waals surface area contributed by atoms with Gasteiger partial charge in [-0.2, -0.15) is 0 Å². The molecule has 0 radical (unpaired) electrons. The molecule has 0 saturated heterocycles. The monoisotopic (exact) mass is 487 g/mol. The largest absolute Gasteiger partial charge is 0.354 e. The molecule has 6 heterocycles. The normalized spacial score (nSPS) is 12.8. The van der Waals surface area contributed by atoms with Gasteiger partial charge in [-0.25, -0.2) is 9.97 Å². The highest BCUT2D eigenvalue weighted by Gasteiger charge is 2.23. The van der Waals surface area contributed by atoms with Crippen LogP contribution >= 0.6 is 0 Å². The number of pyridine rings is 4. The molecule has 38 heavy (non-hydrogen) atoms. The first-order chi connectivity index (χ1) is 18.8. The number of nitrogens with one attached hydrogen (secondary N) is 1. The van der Waals surface area contributed by atoms with E-state index < -0.39 is 0 Å². The highest BCUT2D eigenvalue weighted by atomic mass is 14.9. The lowest BCUT2D eigenvalue weighted by molar-refractivity contribution is 1.18. The Balaban J connectivity index is 1.34. The van der Waals surface area contributed by atoms with E-state index in [1.54, 1.807) is 12.4 Å². The summed E-state index contributed by atoms with van der Waals surface area (Å²) in [5.41, 5.74) is 11.4. The van der Waals surface area contributed by atoms with Gasteiger partial charge in [-0.3, -0.25) is 19.9 Å². The second kappa shape index (κ2) is 7.14. The van der Waals surface area contributed by atoms with Crippen LogP contribution in [-0.4, -0.2) is 29.9 Å². The van der Waals surface area contributed by atoms with Crippen LogP contribution in [0.2, 0.25) is 0 Å². The molecule has 0 fully saturated rings. The van der Waals surface area contributed by atoms with Crippen molar-refractivity contribution in [3.8, 4) is 0 Å². The second-order valence-electron chi connectivity index (χ2n) is 9.67. The summed E-state index contributed by atoms with van der Waals surface area (Å²) in [5.74, 6) is 0. The van der Waals surface area contributed by atoms with Crippen molar-refractivity contribution in [2.45, 2.75) is 6.42 Å². The van der Waals surface area contributed by atoms with E-state index in [-0.39, 0.29) is 0 Å². The fourth-order valence-electron chi connectivity index (χ4n) is 5.94. The van der Waals surface area contributed by atoms with Crippen LogP contribution in [0.5, 0.6) is 0 Å². The molecule has 0 atom stereocenters. The number of benzene rings is 3. The van der Waals surface area contributed by atoms with Gasteiger partial charge in [0.05, 0.1) is 49.8 Å². The molecule has 0 unspecified atom stereocenters. The molecule has 0 aliphatic carbocycles. The molecular formula is C31H17N7. The third kappa shape index (κ3) is 2.57. The zero-order valence-electron chi connectivity index (χ0n) is 20.0. The SMILES string of the molecule is c1cnc2c(c1)c1c(c3cccnc32)Nc2cc3nc4c5cccnc5c5ncccc5c4nc3cc2C1. The van der Waals surface area contributed by atoms with Crippen LogP contribution in [0, 0.1) is 0 Å². The van der Waals surface area contributed by atoms with Crippen LogP contribution in [0.15, 0.2) is 85.5 Å². The third-order valence-electron chi connectivity index (χ3n) is 7.60. The molecule has 176 valence electrons. The molecule has 7 nitrogen and oxygen atoms in total. The summed E-state index contributed by atoms with van der Waals surface area (Å²) in [6.45, 7) is 0. The average Bonchev–Trinajstić information content (AvgIpc) is 2.99. The van der Waals surface area contributed by atoms with Crippen LogP contribution in [0.25, 0.3) is 65.7 Å². The van der Waals surface area contributed by atoms with E-state index in [0.29, 0.717) is 0 Å². The Morgan fingerprint density at radius 1 is 0.526 bits per heavy atom. The molecule has 1 aliphatic heterocycles. The maximum atomic E-state index is 5.15. The van der Waals surface area contributed by atoms with E-state index in [0.717, 1.165) is 83.5 Å². The van der Waals surface area contributed by atoms with Gasteiger partial charge >= 0.3 is 0 Å². The van der Waals surface area contributed by atoms with Gasteiger partial charge in [-0.05, 0) is 65.7 Å². The van der Waals surface area contributed by atoms with Crippen molar-refractivity contribution in [3.05, 3.63) is 96.6 Å². The first-order valence-electron chi connectivity index (χ1n) is 12.5. The van der Waals surface area contributed by atoms with Gasteiger partial charge in [0.15, 0.2) is 0 Å². The summed E-state index contributed by atoms with van der Waals surface area (Å²) in [7, 11) is 0. The van der Waals surface area contributed by atoms with Gasteiger partial charge in [-0.15, -0.1) is 0 Å². The lowest BCUT2D eigenvalue weighted by atomic mass is 9.91. The molecule has 7 heteroatoms. The van der Waals surface area contributed by atoms with E-state index >= 15 is 0 Å². The van der Waals surface area contributed by atoms with E-state index in [4.69, 9.17) is 9.97 Å². The van der Waals surface area contributed by atoms with Gasteiger partial charge in [-0.1, -0.05) is 6.07 Å². The summed E-state index contributed by atoms with van der Waals surface area (Å²) in [4.78, 5) is 28.9. The van der Waals surface area contributed by atoms with Crippen LogP contribution in [0.1, 0.15) is 11.1 Å². The first-order valence-corrected chi connectivity index (χ1v) is 12.5. The van der Waals surface area contributed by atoms with Crippen molar-refractivity contribution < 1.29 is 0 Å². The highest BCUT2D eigenvalue weighted by Crippen LogP contribution is 2.43. The average molecular weight is 488 g/mol. The van der Waals surface area contributed by atoms with E-state index in [9.17, 15) is 0 Å². The predicted octanol–water partition coefficient (Wildman–Crippen LogP) is 6.62. The number of aromatic nitrogens is 6. The highest BCUT2D eigenvalue weighted by molar-refractivity contribution is 6.21. The smallest absolute Gasteiger partial charge is 0.0996 e. The van der Waals surface area contributed by atoms with Gasteiger partial charge in [0.1, 0.15) is 0 Å². The second-order valence-corrected chi connectivity index (χ2v) is 9.67. The summed E-state index contributed by atoms with van der Waals surface area (Å²) in [5, 5.41) is 7.82. The fraction of sp³-hybridized carbons (Fsp3) is 0.0323. The molecule has 3 aromatic carbocycles. The van der Waals surface area contributed by atoms with Crippen LogP contribution in [-0.2, 0) is 6.42 Å². The maximum absolute atomic E-state index is 5.15. The van der Waals surface area contributed by atoms with E-state index in [1.165, 1.54) is 11.1 Å². The molecule has 1 N–H and O–H groups in total. The Bertz CT molecular complexity index is 2150. The Labute approximate surface area is 215 Å². The molecule has 0 spiro atoms. The van der Waals surface area contributed by atoms with Crippen LogP contribution < -0.4 is 5.32 Å². The van der Waals surface area contributed by atoms with Crippen LogP contribution in [0.4, 0.5) is 11.4 Å². The maximum Gasteiger partial charge on any atom is 0.0996 e. The lowest BCUT2D eigenvalue weighted by Gasteiger charge is -2.25. The number of hydrogen-bond acceptors (Lipinski definition) is 7. The zero-order valence-corrected chi connectivity index (χ0v) is 20.0. The molecule has 1 aliphatic rings. The molecular weight excluding hydrogens is 470 g/mol. The number of fused-ring (bicyclic) bond motifs is 14.